The molecule has 98 valence electrons. The number of aryl methyl sites for hydroxylation is 2. The third-order valence-electron chi connectivity index (χ3n) is 3.36. The molecule has 0 bridgehead atoms. The Morgan fingerprint density at radius 1 is 1.39 bits per heavy atom. The second kappa shape index (κ2) is 5.53. The van der Waals surface area contributed by atoms with Gasteiger partial charge in [-0.2, -0.15) is 0 Å². The molecule has 2 aromatic rings. The maximum absolute atomic E-state index is 5.73. The summed E-state index contributed by atoms with van der Waals surface area (Å²) in [6.45, 7) is 8.25. The summed E-state index contributed by atoms with van der Waals surface area (Å²) in [6.07, 6.45) is 2.09. The van der Waals surface area contributed by atoms with Crippen LogP contribution in [0.5, 0.6) is 0 Å². The SMILES string of the molecule is CCCn1c(CC(C)CN)nc2cc(C)ccc21. The van der Waals surface area contributed by atoms with Gasteiger partial charge in [0.1, 0.15) is 5.82 Å². The van der Waals surface area contributed by atoms with Crippen molar-refractivity contribution in [2.24, 2.45) is 11.7 Å². The van der Waals surface area contributed by atoms with E-state index < -0.39 is 0 Å². The van der Waals surface area contributed by atoms with Gasteiger partial charge in [-0.05, 0) is 43.5 Å². The molecule has 18 heavy (non-hydrogen) atoms. The molecule has 1 atom stereocenters. The first-order valence-electron chi connectivity index (χ1n) is 6.81. The molecule has 2 N–H and O–H groups in total. The molecule has 1 aromatic carbocycles. The molecular formula is C15H23N3. The number of fused-ring (bicyclic) bond motifs is 1. The van der Waals surface area contributed by atoms with E-state index in [1.165, 1.54) is 16.9 Å². The second-order valence-electron chi connectivity index (χ2n) is 5.22. The Kier molecular flexibility index (Phi) is 4.02. The molecule has 0 saturated carbocycles. The van der Waals surface area contributed by atoms with Crippen LogP contribution in [-0.4, -0.2) is 16.1 Å². The quantitative estimate of drug-likeness (QED) is 0.880. The van der Waals surface area contributed by atoms with Gasteiger partial charge in [0.15, 0.2) is 0 Å². The van der Waals surface area contributed by atoms with Crippen molar-refractivity contribution < 1.29 is 0 Å². The van der Waals surface area contributed by atoms with Gasteiger partial charge in [0.25, 0.3) is 0 Å². The van der Waals surface area contributed by atoms with E-state index in [4.69, 9.17) is 10.7 Å². The van der Waals surface area contributed by atoms with Crippen molar-refractivity contribution in [3.63, 3.8) is 0 Å². The zero-order valence-electron chi connectivity index (χ0n) is 11.6. The van der Waals surface area contributed by atoms with Crippen LogP contribution in [0.1, 0.15) is 31.7 Å². The van der Waals surface area contributed by atoms with Crippen molar-refractivity contribution in [3.8, 4) is 0 Å². The van der Waals surface area contributed by atoms with Crippen LogP contribution in [0.4, 0.5) is 0 Å². The molecule has 0 fully saturated rings. The van der Waals surface area contributed by atoms with Crippen molar-refractivity contribution in [1.82, 2.24) is 9.55 Å². The van der Waals surface area contributed by atoms with Crippen LogP contribution in [0.3, 0.4) is 0 Å². The fraction of sp³-hybridized carbons (Fsp3) is 0.533. The molecule has 1 heterocycles. The van der Waals surface area contributed by atoms with Crippen molar-refractivity contribution in [1.29, 1.82) is 0 Å². The molecule has 3 heteroatoms. The summed E-state index contributed by atoms with van der Waals surface area (Å²) in [5, 5.41) is 0. The third-order valence-corrected chi connectivity index (χ3v) is 3.36. The topological polar surface area (TPSA) is 43.8 Å². The van der Waals surface area contributed by atoms with Crippen LogP contribution < -0.4 is 5.73 Å². The average Bonchev–Trinajstić information content (AvgIpc) is 2.67. The summed E-state index contributed by atoms with van der Waals surface area (Å²) in [4.78, 5) is 4.79. The minimum atomic E-state index is 0.485. The Bertz CT molecular complexity index is 528. The Morgan fingerprint density at radius 2 is 2.17 bits per heavy atom. The molecule has 0 saturated heterocycles. The standard InChI is InChI=1S/C15H23N3/c1-4-7-18-14-6-5-11(2)8-13(14)17-15(18)9-12(3)10-16/h5-6,8,12H,4,7,9-10,16H2,1-3H3. The lowest BCUT2D eigenvalue weighted by molar-refractivity contribution is 0.544. The van der Waals surface area contributed by atoms with E-state index in [0.29, 0.717) is 12.5 Å². The molecule has 0 spiro atoms. The Morgan fingerprint density at radius 3 is 2.83 bits per heavy atom. The van der Waals surface area contributed by atoms with Crippen molar-refractivity contribution in [3.05, 3.63) is 29.6 Å². The minimum Gasteiger partial charge on any atom is -0.330 e. The Balaban J connectivity index is 2.46. The van der Waals surface area contributed by atoms with Crippen molar-refractivity contribution >= 4 is 11.0 Å². The van der Waals surface area contributed by atoms with Crippen LogP contribution in [0.2, 0.25) is 0 Å². The molecule has 0 aliphatic rings. The predicted octanol–water partition coefficient (Wildman–Crippen LogP) is 2.89. The highest BCUT2D eigenvalue weighted by Crippen LogP contribution is 2.20. The highest BCUT2D eigenvalue weighted by molar-refractivity contribution is 5.76. The molecule has 2 rings (SSSR count). The van der Waals surface area contributed by atoms with Gasteiger partial charge in [-0.25, -0.2) is 4.98 Å². The number of aromatic nitrogens is 2. The second-order valence-corrected chi connectivity index (χ2v) is 5.22. The Labute approximate surface area is 109 Å². The summed E-state index contributed by atoms with van der Waals surface area (Å²) in [7, 11) is 0. The van der Waals surface area contributed by atoms with Crippen LogP contribution in [-0.2, 0) is 13.0 Å². The molecule has 0 amide bonds. The van der Waals surface area contributed by atoms with Crippen molar-refractivity contribution in [2.45, 2.75) is 40.2 Å². The highest BCUT2D eigenvalue weighted by Gasteiger charge is 2.12. The number of benzene rings is 1. The van der Waals surface area contributed by atoms with Crippen molar-refractivity contribution in [2.75, 3.05) is 6.54 Å². The van der Waals surface area contributed by atoms with Gasteiger partial charge in [-0.15, -0.1) is 0 Å². The van der Waals surface area contributed by atoms with Crippen LogP contribution in [0.25, 0.3) is 11.0 Å². The number of rotatable bonds is 5. The van der Waals surface area contributed by atoms with Gasteiger partial charge < -0.3 is 10.3 Å². The lowest BCUT2D eigenvalue weighted by Gasteiger charge is -2.11. The summed E-state index contributed by atoms with van der Waals surface area (Å²) >= 11 is 0. The van der Waals surface area contributed by atoms with Crippen LogP contribution in [0.15, 0.2) is 18.2 Å². The normalized spacial score (nSPS) is 13.1. The lowest BCUT2D eigenvalue weighted by Crippen LogP contribution is -2.16. The number of nitrogens with zero attached hydrogens (tertiary/aromatic N) is 2. The Hall–Kier alpha value is -1.35. The lowest BCUT2D eigenvalue weighted by atomic mass is 10.1. The molecule has 3 nitrogen and oxygen atoms in total. The smallest absolute Gasteiger partial charge is 0.110 e. The molecule has 1 aromatic heterocycles. The fourth-order valence-electron chi connectivity index (χ4n) is 2.31. The van der Waals surface area contributed by atoms with Gasteiger partial charge in [-0.1, -0.05) is 19.9 Å². The van der Waals surface area contributed by atoms with Crippen LogP contribution >= 0.6 is 0 Å². The number of imidazole rings is 1. The largest absolute Gasteiger partial charge is 0.330 e. The first-order valence-corrected chi connectivity index (χ1v) is 6.81. The van der Waals surface area contributed by atoms with E-state index in [2.05, 4.69) is 43.5 Å². The molecular weight excluding hydrogens is 222 g/mol. The average molecular weight is 245 g/mol. The summed E-state index contributed by atoms with van der Waals surface area (Å²) in [5.74, 6) is 1.66. The zero-order chi connectivity index (χ0) is 13.1. The van der Waals surface area contributed by atoms with E-state index in [9.17, 15) is 0 Å². The highest BCUT2D eigenvalue weighted by atomic mass is 15.1. The summed E-state index contributed by atoms with van der Waals surface area (Å²) < 4.78 is 2.35. The zero-order valence-corrected chi connectivity index (χ0v) is 11.6. The van der Waals surface area contributed by atoms with E-state index in [1.54, 1.807) is 0 Å². The minimum absolute atomic E-state index is 0.485. The third kappa shape index (κ3) is 2.56. The monoisotopic (exact) mass is 245 g/mol. The number of hydrogen-bond donors (Lipinski definition) is 1. The number of hydrogen-bond acceptors (Lipinski definition) is 2. The first-order chi connectivity index (χ1) is 8.65. The van der Waals surface area contributed by atoms with Gasteiger partial charge >= 0.3 is 0 Å². The maximum atomic E-state index is 5.73. The molecule has 0 aliphatic carbocycles. The fourth-order valence-corrected chi connectivity index (χ4v) is 2.31. The molecule has 0 radical (unpaired) electrons. The van der Waals surface area contributed by atoms with Gasteiger partial charge in [0, 0.05) is 13.0 Å². The molecule has 1 unspecified atom stereocenters. The van der Waals surface area contributed by atoms with E-state index in [0.717, 1.165) is 24.9 Å². The summed E-state index contributed by atoms with van der Waals surface area (Å²) in [6, 6.07) is 6.51. The summed E-state index contributed by atoms with van der Waals surface area (Å²) in [5.41, 5.74) is 9.36. The predicted molar refractivity (Wildman–Crippen MR) is 76.7 cm³/mol. The molecule has 0 aliphatic heterocycles. The number of nitrogens with two attached hydrogens (primary N) is 1. The van der Waals surface area contributed by atoms with E-state index in [-0.39, 0.29) is 0 Å². The maximum Gasteiger partial charge on any atom is 0.110 e. The van der Waals surface area contributed by atoms with E-state index in [1.807, 2.05) is 0 Å². The van der Waals surface area contributed by atoms with Gasteiger partial charge in [-0.3, -0.25) is 0 Å². The van der Waals surface area contributed by atoms with Crippen LogP contribution in [0, 0.1) is 12.8 Å². The van der Waals surface area contributed by atoms with E-state index >= 15 is 0 Å². The van der Waals surface area contributed by atoms with Gasteiger partial charge in [0.2, 0.25) is 0 Å². The first kappa shape index (κ1) is 13.1. The van der Waals surface area contributed by atoms with Gasteiger partial charge in [0.05, 0.1) is 11.0 Å².